The van der Waals surface area contributed by atoms with E-state index in [0.29, 0.717) is 6.04 Å². The molecule has 5 rings (SSSR count). The third-order valence-corrected chi connectivity index (χ3v) is 7.33. The maximum atomic E-state index is 5.00. The maximum Gasteiger partial charge on any atom is 0.139 e. The van der Waals surface area contributed by atoms with Crippen LogP contribution in [0.5, 0.6) is 0 Å². The molecule has 1 aliphatic rings. The number of benzene rings is 1. The van der Waals surface area contributed by atoms with E-state index in [2.05, 4.69) is 81.9 Å². The van der Waals surface area contributed by atoms with E-state index in [1.165, 1.54) is 41.8 Å². The van der Waals surface area contributed by atoms with Crippen molar-refractivity contribution in [3.63, 3.8) is 0 Å². The van der Waals surface area contributed by atoms with Crippen molar-refractivity contribution in [3.05, 3.63) is 75.4 Å². The fraction of sp³-hybridized carbons (Fsp3) is 0.400. The van der Waals surface area contributed by atoms with Gasteiger partial charge in [-0.15, -0.1) is 21.5 Å². The van der Waals surface area contributed by atoms with Crippen molar-refractivity contribution in [2.75, 3.05) is 0 Å². The summed E-state index contributed by atoms with van der Waals surface area (Å²) < 4.78 is 4.74. The van der Waals surface area contributed by atoms with Crippen LogP contribution in [0.3, 0.4) is 0 Å². The lowest BCUT2D eigenvalue weighted by Gasteiger charge is -2.19. The van der Waals surface area contributed by atoms with Gasteiger partial charge >= 0.3 is 0 Å². The summed E-state index contributed by atoms with van der Waals surface area (Å²) in [4.78, 5) is 5.00. The summed E-state index contributed by atoms with van der Waals surface area (Å²) in [7, 11) is 0. The number of aryl methyl sites for hydroxylation is 2. The number of aromatic nitrogens is 5. The second kappa shape index (κ2) is 8.42. The number of nitrogens with zero attached hydrogens (tertiary/aromatic N) is 5. The summed E-state index contributed by atoms with van der Waals surface area (Å²) in [5.74, 6) is 2.20. The molecule has 0 N–H and O–H groups in total. The van der Waals surface area contributed by atoms with Crippen molar-refractivity contribution < 1.29 is 0 Å². The molecular weight excluding hydrogens is 402 g/mol. The van der Waals surface area contributed by atoms with Crippen LogP contribution in [0.25, 0.3) is 11.3 Å². The molecule has 1 atom stereocenters. The predicted molar refractivity (Wildman–Crippen MR) is 126 cm³/mol. The van der Waals surface area contributed by atoms with Crippen molar-refractivity contribution in [1.82, 2.24) is 24.3 Å². The number of hydrogen-bond donors (Lipinski definition) is 0. The molecular formula is C25H29N5S. The number of fused-ring (bicyclic) bond motifs is 1. The van der Waals surface area contributed by atoms with Crippen LogP contribution in [0.1, 0.15) is 65.8 Å². The Morgan fingerprint density at radius 2 is 1.90 bits per heavy atom. The molecule has 3 aromatic heterocycles. The Balaban J connectivity index is 1.41. The van der Waals surface area contributed by atoms with Gasteiger partial charge in [0.15, 0.2) is 0 Å². The molecule has 1 aliphatic heterocycles. The van der Waals surface area contributed by atoms with Gasteiger partial charge in [0.1, 0.15) is 16.7 Å². The van der Waals surface area contributed by atoms with Crippen molar-refractivity contribution in [1.29, 1.82) is 0 Å². The molecule has 0 spiro atoms. The third-order valence-electron chi connectivity index (χ3n) is 6.48. The van der Waals surface area contributed by atoms with Crippen LogP contribution >= 0.6 is 11.3 Å². The molecule has 0 amide bonds. The SMILES string of the molecule is Cc1cc(-c2csc(Cc3nnc4n3CCCCC4)n2)c(C)n1[C@H](C)c1ccccc1. The van der Waals surface area contributed by atoms with E-state index in [1.54, 1.807) is 11.3 Å². The van der Waals surface area contributed by atoms with Gasteiger partial charge in [0.25, 0.3) is 0 Å². The minimum atomic E-state index is 0.291. The Labute approximate surface area is 187 Å². The first-order valence-electron chi connectivity index (χ1n) is 11.2. The van der Waals surface area contributed by atoms with Gasteiger partial charge < -0.3 is 9.13 Å². The summed E-state index contributed by atoms with van der Waals surface area (Å²) in [5, 5.41) is 12.2. The van der Waals surface area contributed by atoms with Crippen molar-refractivity contribution in [3.8, 4) is 11.3 Å². The highest BCUT2D eigenvalue weighted by molar-refractivity contribution is 7.10. The lowest BCUT2D eigenvalue weighted by atomic mass is 10.1. The summed E-state index contributed by atoms with van der Waals surface area (Å²) in [6.45, 7) is 7.70. The van der Waals surface area contributed by atoms with E-state index in [1.807, 2.05) is 0 Å². The van der Waals surface area contributed by atoms with E-state index in [-0.39, 0.29) is 0 Å². The standard InChI is InChI=1S/C25H29N5S/c1-17-14-21(19(3)30(17)18(2)20-10-6-4-7-11-20)22-16-31-25(26-22)15-24-28-27-23-12-8-5-9-13-29(23)24/h4,6-7,10-11,14,16,18H,5,8-9,12-13,15H2,1-3H3/t18-/m1/s1. The molecule has 0 aliphatic carbocycles. The Bertz CT molecular complexity index is 1180. The van der Waals surface area contributed by atoms with Crippen LogP contribution in [0, 0.1) is 13.8 Å². The smallest absolute Gasteiger partial charge is 0.139 e. The minimum absolute atomic E-state index is 0.291. The molecule has 4 aromatic rings. The van der Waals surface area contributed by atoms with Crippen LogP contribution < -0.4 is 0 Å². The Kier molecular flexibility index (Phi) is 5.48. The highest BCUT2D eigenvalue weighted by atomic mass is 32.1. The van der Waals surface area contributed by atoms with E-state index in [0.717, 1.165) is 41.7 Å². The normalized spacial score (nSPS) is 14.9. The maximum absolute atomic E-state index is 5.00. The second-order valence-corrected chi connectivity index (χ2v) is 9.48. The molecule has 0 saturated heterocycles. The van der Waals surface area contributed by atoms with Gasteiger partial charge in [0, 0.05) is 35.3 Å². The molecule has 5 nitrogen and oxygen atoms in total. The number of hydrogen-bond acceptors (Lipinski definition) is 4. The minimum Gasteiger partial charge on any atom is -0.341 e. The second-order valence-electron chi connectivity index (χ2n) is 8.54. The van der Waals surface area contributed by atoms with Gasteiger partial charge in [-0.2, -0.15) is 0 Å². The van der Waals surface area contributed by atoms with Crippen molar-refractivity contribution in [2.24, 2.45) is 0 Å². The van der Waals surface area contributed by atoms with E-state index in [9.17, 15) is 0 Å². The Hall–Kier alpha value is -2.73. The first kappa shape index (κ1) is 20.2. The zero-order valence-electron chi connectivity index (χ0n) is 18.5. The molecule has 0 bridgehead atoms. The quantitative estimate of drug-likeness (QED) is 0.404. The highest BCUT2D eigenvalue weighted by Gasteiger charge is 2.20. The van der Waals surface area contributed by atoms with Gasteiger partial charge in [-0.05, 0) is 45.2 Å². The van der Waals surface area contributed by atoms with Crippen LogP contribution in [0.2, 0.25) is 0 Å². The molecule has 1 aromatic carbocycles. The zero-order valence-corrected chi connectivity index (χ0v) is 19.3. The van der Waals surface area contributed by atoms with Gasteiger partial charge in [0.2, 0.25) is 0 Å². The first-order valence-corrected chi connectivity index (χ1v) is 12.1. The van der Waals surface area contributed by atoms with Crippen molar-refractivity contribution in [2.45, 2.75) is 65.5 Å². The van der Waals surface area contributed by atoms with Gasteiger partial charge in [-0.25, -0.2) is 4.98 Å². The zero-order chi connectivity index (χ0) is 21.4. The number of rotatable bonds is 5. The lowest BCUT2D eigenvalue weighted by Crippen LogP contribution is -2.10. The predicted octanol–water partition coefficient (Wildman–Crippen LogP) is 5.75. The van der Waals surface area contributed by atoms with E-state index < -0.39 is 0 Å². The summed E-state index contributed by atoms with van der Waals surface area (Å²) >= 11 is 1.73. The summed E-state index contributed by atoms with van der Waals surface area (Å²) in [6, 6.07) is 13.3. The van der Waals surface area contributed by atoms with Crippen LogP contribution in [-0.2, 0) is 19.4 Å². The van der Waals surface area contributed by atoms with Crippen LogP contribution in [0.4, 0.5) is 0 Å². The molecule has 31 heavy (non-hydrogen) atoms. The summed E-state index contributed by atoms with van der Waals surface area (Å²) in [5.41, 5.74) is 6.14. The molecule has 0 saturated carbocycles. The highest BCUT2D eigenvalue weighted by Crippen LogP contribution is 2.32. The molecule has 6 heteroatoms. The monoisotopic (exact) mass is 431 g/mol. The molecule has 0 unspecified atom stereocenters. The van der Waals surface area contributed by atoms with Gasteiger partial charge in [0.05, 0.1) is 18.2 Å². The molecule has 0 fully saturated rings. The average Bonchev–Trinajstić information content (AvgIpc) is 3.42. The Morgan fingerprint density at radius 3 is 2.74 bits per heavy atom. The van der Waals surface area contributed by atoms with Crippen LogP contribution in [0.15, 0.2) is 41.8 Å². The van der Waals surface area contributed by atoms with Crippen molar-refractivity contribution >= 4 is 11.3 Å². The van der Waals surface area contributed by atoms with E-state index in [4.69, 9.17) is 4.98 Å². The first-order chi connectivity index (χ1) is 15.1. The number of thiazole rings is 1. The lowest BCUT2D eigenvalue weighted by molar-refractivity contribution is 0.610. The fourth-order valence-electron chi connectivity index (χ4n) is 4.84. The van der Waals surface area contributed by atoms with E-state index >= 15 is 0 Å². The molecule has 0 radical (unpaired) electrons. The molecule has 160 valence electrons. The fourth-order valence-corrected chi connectivity index (χ4v) is 5.63. The Morgan fingerprint density at radius 1 is 1.06 bits per heavy atom. The topological polar surface area (TPSA) is 48.5 Å². The van der Waals surface area contributed by atoms with Gasteiger partial charge in [-0.3, -0.25) is 0 Å². The third kappa shape index (κ3) is 3.85. The average molecular weight is 432 g/mol. The largest absolute Gasteiger partial charge is 0.341 e. The summed E-state index contributed by atoms with van der Waals surface area (Å²) in [6.07, 6.45) is 5.52. The van der Waals surface area contributed by atoms with Gasteiger partial charge in [-0.1, -0.05) is 36.8 Å². The molecule has 4 heterocycles. The van der Waals surface area contributed by atoms with Crippen LogP contribution in [-0.4, -0.2) is 24.3 Å².